The molecule has 0 radical (unpaired) electrons. The molecule has 0 fully saturated rings. The molecule has 0 aliphatic heterocycles. The molecule has 0 bridgehead atoms. The molecule has 0 saturated carbocycles. The van der Waals surface area contributed by atoms with Crippen LogP contribution in [-0.4, -0.2) is 34.0 Å². The van der Waals surface area contributed by atoms with Crippen molar-refractivity contribution in [2.75, 3.05) is 19.8 Å². The first-order valence-electron chi connectivity index (χ1n) is 13.9. The molecule has 0 unspecified atom stereocenters. The van der Waals surface area contributed by atoms with Gasteiger partial charge < -0.3 is 9.47 Å². The summed E-state index contributed by atoms with van der Waals surface area (Å²) in [6.07, 6.45) is 17.2. The Hall–Kier alpha value is 0.137. The van der Waals surface area contributed by atoms with Gasteiger partial charge in [-0.3, -0.25) is 0 Å². The zero-order chi connectivity index (χ0) is 23.5. The van der Waals surface area contributed by atoms with Gasteiger partial charge >= 0.3 is 0 Å². The summed E-state index contributed by atoms with van der Waals surface area (Å²) in [5.41, 5.74) is 2.76. The molecular formula is C28H60O2Si. The molecular weight excluding hydrogens is 396 g/mol. The van der Waals surface area contributed by atoms with Crippen molar-refractivity contribution in [1.29, 1.82) is 0 Å². The van der Waals surface area contributed by atoms with Gasteiger partial charge in [0.25, 0.3) is 0 Å². The lowest BCUT2D eigenvalue weighted by molar-refractivity contribution is 0.0186. The predicted octanol–water partition coefficient (Wildman–Crippen LogP) is 9.79. The van der Waals surface area contributed by atoms with Crippen molar-refractivity contribution in [3.05, 3.63) is 0 Å². The lowest BCUT2D eigenvalue weighted by Crippen LogP contribution is -2.44. The fourth-order valence-electron chi connectivity index (χ4n) is 5.71. The zero-order valence-electron chi connectivity index (χ0n) is 22.9. The fourth-order valence-corrected chi connectivity index (χ4v) is 12.3. The molecule has 0 amide bonds. The molecule has 0 saturated heterocycles. The maximum absolute atomic E-state index is 5.61. The minimum atomic E-state index is -1.15. The summed E-state index contributed by atoms with van der Waals surface area (Å²) in [4.78, 5) is 0. The van der Waals surface area contributed by atoms with Gasteiger partial charge in [0.05, 0.1) is 27.4 Å². The largest absolute Gasteiger partial charge is 0.379 e. The van der Waals surface area contributed by atoms with E-state index in [1.165, 1.54) is 77.0 Å². The van der Waals surface area contributed by atoms with Crippen LogP contribution in [0.5, 0.6) is 0 Å². The van der Waals surface area contributed by atoms with Crippen molar-refractivity contribution in [1.82, 2.24) is 0 Å². The molecule has 0 aliphatic rings. The second-order valence-electron chi connectivity index (χ2n) is 11.1. The summed E-state index contributed by atoms with van der Waals surface area (Å²) < 4.78 is 11.1. The van der Waals surface area contributed by atoms with E-state index in [1.54, 1.807) is 6.04 Å². The van der Waals surface area contributed by atoms with E-state index in [4.69, 9.17) is 9.47 Å². The van der Waals surface area contributed by atoms with Crippen LogP contribution in [0.3, 0.4) is 0 Å². The molecule has 0 aromatic heterocycles. The van der Waals surface area contributed by atoms with Gasteiger partial charge in [-0.1, -0.05) is 135 Å². The average molecular weight is 457 g/mol. The first-order chi connectivity index (χ1) is 14.7. The van der Waals surface area contributed by atoms with Crippen LogP contribution in [0.25, 0.3) is 0 Å². The quantitative estimate of drug-likeness (QED) is 0.119. The fraction of sp³-hybridized carbons (Fsp3) is 1.00. The summed E-state index contributed by atoms with van der Waals surface area (Å²) in [5.74, 6) is 0. The summed E-state index contributed by atoms with van der Waals surface area (Å²) in [6, 6.07) is 1.55. The number of hydrogen-bond donors (Lipinski definition) is 0. The van der Waals surface area contributed by atoms with Crippen LogP contribution in [0, 0.1) is 0 Å². The number of rotatable bonds is 22. The number of hydrogen-bond acceptors (Lipinski definition) is 2. The van der Waals surface area contributed by atoms with Gasteiger partial charge in [0.15, 0.2) is 0 Å². The third kappa shape index (κ3) is 14.8. The molecule has 3 heteroatoms. The SMILES string of the molecule is CC(C)OCCOCCCCCCCCCCCCCC[Si](C(C)C)(C(C)C)C(C)C. The Kier molecular flexibility index (Phi) is 19.7. The first-order valence-corrected chi connectivity index (χ1v) is 16.4. The topological polar surface area (TPSA) is 18.5 Å². The van der Waals surface area contributed by atoms with Crippen LogP contribution in [0.2, 0.25) is 22.7 Å². The van der Waals surface area contributed by atoms with Crippen LogP contribution in [0.15, 0.2) is 0 Å². The van der Waals surface area contributed by atoms with E-state index in [9.17, 15) is 0 Å². The van der Waals surface area contributed by atoms with Crippen molar-refractivity contribution >= 4 is 8.07 Å². The molecule has 188 valence electrons. The highest BCUT2D eigenvalue weighted by molar-refractivity contribution is 6.83. The first kappa shape index (κ1) is 31.1. The van der Waals surface area contributed by atoms with E-state index in [0.717, 1.165) is 36.4 Å². The Balaban J connectivity index is 3.47. The Bertz CT molecular complexity index is 357. The van der Waals surface area contributed by atoms with E-state index >= 15 is 0 Å². The van der Waals surface area contributed by atoms with E-state index in [0.29, 0.717) is 6.10 Å². The Labute approximate surface area is 198 Å². The molecule has 2 nitrogen and oxygen atoms in total. The molecule has 0 aromatic rings. The number of ether oxygens (including phenoxy) is 2. The van der Waals surface area contributed by atoms with Gasteiger partial charge in [0.1, 0.15) is 0 Å². The standard InChI is InChI=1S/C28H60O2Si/c1-25(2)30-23-22-29-21-19-17-15-13-11-9-10-12-14-16-18-20-24-31(26(3)4,27(5)6)28(7)8/h25-28H,9-24H2,1-8H3. The molecule has 0 rings (SSSR count). The zero-order valence-corrected chi connectivity index (χ0v) is 23.9. The molecule has 0 aliphatic carbocycles. The minimum Gasteiger partial charge on any atom is -0.379 e. The lowest BCUT2D eigenvalue weighted by atomic mass is 10.1. The maximum Gasteiger partial charge on any atom is 0.0703 e. The van der Waals surface area contributed by atoms with E-state index in [1.807, 2.05) is 0 Å². The Morgan fingerprint density at radius 2 is 0.839 bits per heavy atom. The van der Waals surface area contributed by atoms with E-state index in [-0.39, 0.29) is 0 Å². The van der Waals surface area contributed by atoms with Gasteiger partial charge in [0.2, 0.25) is 0 Å². The van der Waals surface area contributed by atoms with Crippen LogP contribution in [-0.2, 0) is 9.47 Å². The van der Waals surface area contributed by atoms with Crippen molar-refractivity contribution in [3.8, 4) is 0 Å². The van der Waals surface area contributed by atoms with Gasteiger partial charge in [0, 0.05) is 6.61 Å². The Morgan fingerprint density at radius 1 is 0.452 bits per heavy atom. The lowest BCUT2D eigenvalue weighted by Gasteiger charge is -2.43. The smallest absolute Gasteiger partial charge is 0.0703 e. The van der Waals surface area contributed by atoms with Crippen molar-refractivity contribution in [2.24, 2.45) is 0 Å². The highest BCUT2D eigenvalue weighted by Crippen LogP contribution is 2.45. The van der Waals surface area contributed by atoms with Crippen molar-refractivity contribution in [2.45, 2.75) is 161 Å². The molecule has 31 heavy (non-hydrogen) atoms. The van der Waals surface area contributed by atoms with Crippen molar-refractivity contribution < 1.29 is 9.47 Å². The van der Waals surface area contributed by atoms with Gasteiger partial charge in [-0.25, -0.2) is 0 Å². The third-order valence-corrected chi connectivity index (χ3v) is 15.2. The molecule has 0 atom stereocenters. The summed E-state index contributed by atoms with van der Waals surface area (Å²) >= 11 is 0. The van der Waals surface area contributed by atoms with Crippen LogP contribution < -0.4 is 0 Å². The third-order valence-electron chi connectivity index (χ3n) is 7.55. The summed E-state index contributed by atoms with van der Waals surface area (Å²) in [7, 11) is -1.15. The van der Waals surface area contributed by atoms with E-state index in [2.05, 4.69) is 55.4 Å². The van der Waals surface area contributed by atoms with Gasteiger partial charge in [-0.15, -0.1) is 0 Å². The van der Waals surface area contributed by atoms with Crippen LogP contribution in [0.1, 0.15) is 132 Å². The second kappa shape index (κ2) is 19.6. The Morgan fingerprint density at radius 3 is 1.23 bits per heavy atom. The predicted molar refractivity (Wildman–Crippen MR) is 143 cm³/mol. The monoisotopic (exact) mass is 456 g/mol. The second-order valence-corrected chi connectivity index (χ2v) is 17.3. The summed E-state index contributed by atoms with van der Waals surface area (Å²) in [6.45, 7) is 21.5. The minimum absolute atomic E-state index is 0.314. The normalized spacial score (nSPS) is 12.8. The van der Waals surface area contributed by atoms with Crippen molar-refractivity contribution in [3.63, 3.8) is 0 Å². The molecule has 0 heterocycles. The average Bonchev–Trinajstić information content (AvgIpc) is 2.68. The van der Waals surface area contributed by atoms with Gasteiger partial charge in [-0.05, 0) is 20.3 Å². The summed E-state index contributed by atoms with van der Waals surface area (Å²) in [5, 5.41) is 0. The molecule has 0 spiro atoms. The molecule has 0 N–H and O–H groups in total. The van der Waals surface area contributed by atoms with Crippen LogP contribution in [0.4, 0.5) is 0 Å². The molecule has 0 aromatic carbocycles. The van der Waals surface area contributed by atoms with Gasteiger partial charge in [-0.2, -0.15) is 0 Å². The van der Waals surface area contributed by atoms with Crippen LogP contribution >= 0.6 is 0 Å². The highest BCUT2D eigenvalue weighted by Gasteiger charge is 2.41. The maximum atomic E-state index is 5.61. The highest BCUT2D eigenvalue weighted by atomic mass is 28.3. The van der Waals surface area contributed by atoms with E-state index < -0.39 is 8.07 Å². The number of unbranched alkanes of at least 4 members (excludes halogenated alkanes) is 11.